The van der Waals surface area contributed by atoms with E-state index in [0.717, 1.165) is 23.5 Å². The minimum Gasteiger partial charge on any atom is -0.361 e. The van der Waals surface area contributed by atoms with E-state index in [0.29, 0.717) is 0 Å². The maximum Gasteiger partial charge on any atom is 0.0502 e. The van der Waals surface area contributed by atoms with Gasteiger partial charge in [0.2, 0.25) is 0 Å². The van der Waals surface area contributed by atoms with Crippen LogP contribution in [0.3, 0.4) is 0 Å². The fourth-order valence-electron chi connectivity index (χ4n) is 2.29. The van der Waals surface area contributed by atoms with Crippen LogP contribution in [-0.4, -0.2) is 29.5 Å². The van der Waals surface area contributed by atoms with Crippen LogP contribution in [-0.2, 0) is 6.42 Å². The molecule has 0 saturated carbocycles. The zero-order valence-corrected chi connectivity index (χ0v) is 9.93. The lowest BCUT2D eigenvalue weighted by molar-refractivity contribution is 0.184. The second-order valence-electron chi connectivity index (χ2n) is 4.42. The highest BCUT2D eigenvalue weighted by molar-refractivity contribution is 6.35. The molecule has 2 aromatic rings. The first-order chi connectivity index (χ1) is 7.84. The number of aromatic amines is 1. The highest BCUT2D eigenvalue weighted by Gasteiger charge is 2.14. The standard InChI is InChI=1S/C13H15ClN2/c14-11-3-1-4-12-13(11)10(9-15-12)5-8-16-6-2-7-16/h1,3-4,9,15H,2,5-8H2. The van der Waals surface area contributed by atoms with Gasteiger partial charge in [0, 0.05) is 23.6 Å². The highest BCUT2D eigenvalue weighted by Crippen LogP contribution is 2.27. The summed E-state index contributed by atoms with van der Waals surface area (Å²) in [6.07, 6.45) is 4.54. The Morgan fingerprint density at radius 1 is 1.31 bits per heavy atom. The third-order valence-corrected chi connectivity index (χ3v) is 3.70. The summed E-state index contributed by atoms with van der Waals surface area (Å²) in [5, 5.41) is 2.06. The van der Waals surface area contributed by atoms with Crippen molar-refractivity contribution in [3.63, 3.8) is 0 Å². The van der Waals surface area contributed by atoms with E-state index in [1.165, 1.54) is 30.5 Å². The van der Waals surface area contributed by atoms with Crippen molar-refractivity contribution in [2.24, 2.45) is 0 Å². The maximum atomic E-state index is 6.23. The monoisotopic (exact) mass is 234 g/mol. The number of nitrogens with one attached hydrogen (secondary N) is 1. The third-order valence-electron chi connectivity index (χ3n) is 3.38. The van der Waals surface area contributed by atoms with Gasteiger partial charge in [-0.05, 0) is 43.6 Å². The van der Waals surface area contributed by atoms with Gasteiger partial charge < -0.3 is 9.88 Å². The Morgan fingerprint density at radius 3 is 2.94 bits per heavy atom. The van der Waals surface area contributed by atoms with E-state index in [1.807, 2.05) is 12.1 Å². The highest BCUT2D eigenvalue weighted by atomic mass is 35.5. The zero-order valence-electron chi connectivity index (χ0n) is 9.17. The molecule has 0 bridgehead atoms. The van der Waals surface area contributed by atoms with E-state index in [2.05, 4.69) is 22.1 Å². The molecular weight excluding hydrogens is 220 g/mol. The van der Waals surface area contributed by atoms with E-state index >= 15 is 0 Å². The smallest absolute Gasteiger partial charge is 0.0502 e. The number of hydrogen-bond donors (Lipinski definition) is 1. The molecule has 0 aliphatic carbocycles. The number of hydrogen-bond acceptors (Lipinski definition) is 1. The summed E-state index contributed by atoms with van der Waals surface area (Å²) in [6, 6.07) is 6.03. The van der Waals surface area contributed by atoms with Crippen molar-refractivity contribution in [1.82, 2.24) is 9.88 Å². The van der Waals surface area contributed by atoms with Gasteiger partial charge in [0.15, 0.2) is 0 Å². The molecule has 1 aromatic heterocycles. The zero-order chi connectivity index (χ0) is 11.0. The number of fused-ring (bicyclic) bond motifs is 1. The second kappa shape index (κ2) is 4.11. The van der Waals surface area contributed by atoms with E-state index in [4.69, 9.17) is 11.6 Å². The summed E-state index contributed by atoms with van der Waals surface area (Å²) in [4.78, 5) is 5.77. The molecule has 0 atom stereocenters. The Morgan fingerprint density at radius 2 is 2.19 bits per heavy atom. The van der Waals surface area contributed by atoms with Crippen LogP contribution in [0.4, 0.5) is 0 Å². The molecule has 1 aliphatic heterocycles. The first-order valence-electron chi connectivity index (χ1n) is 5.81. The molecule has 2 heterocycles. The normalized spacial score (nSPS) is 16.6. The molecule has 0 spiro atoms. The number of nitrogens with zero attached hydrogens (tertiary/aromatic N) is 1. The molecule has 1 saturated heterocycles. The van der Waals surface area contributed by atoms with Crippen molar-refractivity contribution >= 4 is 22.5 Å². The lowest BCUT2D eigenvalue weighted by Gasteiger charge is -2.30. The van der Waals surface area contributed by atoms with Crippen molar-refractivity contribution in [1.29, 1.82) is 0 Å². The minimum absolute atomic E-state index is 0.859. The van der Waals surface area contributed by atoms with Gasteiger partial charge in [-0.2, -0.15) is 0 Å². The van der Waals surface area contributed by atoms with Crippen LogP contribution in [0.2, 0.25) is 5.02 Å². The van der Waals surface area contributed by atoms with Crippen LogP contribution >= 0.6 is 11.6 Å². The lowest BCUT2D eigenvalue weighted by Crippen LogP contribution is -2.38. The predicted molar refractivity (Wildman–Crippen MR) is 68.1 cm³/mol. The molecule has 16 heavy (non-hydrogen) atoms. The van der Waals surface area contributed by atoms with Crippen LogP contribution in [0.1, 0.15) is 12.0 Å². The number of benzene rings is 1. The molecule has 2 nitrogen and oxygen atoms in total. The third kappa shape index (κ3) is 1.72. The number of likely N-dealkylation sites (tertiary alicyclic amines) is 1. The Kier molecular flexibility index (Phi) is 2.62. The summed E-state index contributed by atoms with van der Waals surface area (Å²) in [6.45, 7) is 3.67. The average Bonchev–Trinajstić information content (AvgIpc) is 2.61. The second-order valence-corrected chi connectivity index (χ2v) is 4.83. The van der Waals surface area contributed by atoms with Gasteiger partial charge in [-0.1, -0.05) is 17.7 Å². The number of halogens is 1. The Labute approximate surface area is 100 Å². The summed E-state index contributed by atoms with van der Waals surface area (Å²) in [7, 11) is 0. The van der Waals surface area contributed by atoms with Gasteiger partial charge in [0.1, 0.15) is 0 Å². The van der Waals surface area contributed by atoms with E-state index in [-0.39, 0.29) is 0 Å². The van der Waals surface area contributed by atoms with Gasteiger partial charge in [-0.3, -0.25) is 0 Å². The predicted octanol–water partition coefficient (Wildman–Crippen LogP) is 3.07. The van der Waals surface area contributed by atoms with Gasteiger partial charge in [-0.25, -0.2) is 0 Å². The molecule has 1 aromatic carbocycles. The fourth-order valence-corrected chi connectivity index (χ4v) is 2.58. The molecule has 3 rings (SSSR count). The first-order valence-corrected chi connectivity index (χ1v) is 6.19. The Hall–Kier alpha value is -0.990. The Balaban J connectivity index is 1.85. The topological polar surface area (TPSA) is 19.0 Å². The fraction of sp³-hybridized carbons (Fsp3) is 0.385. The molecular formula is C13H15ClN2. The van der Waals surface area contributed by atoms with Gasteiger partial charge >= 0.3 is 0 Å². The lowest BCUT2D eigenvalue weighted by atomic mass is 10.1. The van der Waals surface area contributed by atoms with Crippen LogP contribution in [0.5, 0.6) is 0 Å². The quantitative estimate of drug-likeness (QED) is 0.865. The van der Waals surface area contributed by atoms with Crippen LogP contribution in [0.15, 0.2) is 24.4 Å². The van der Waals surface area contributed by atoms with Gasteiger partial charge in [-0.15, -0.1) is 0 Å². The van der Waals surface area contributed by atoms with E-state index in [9.17, 15) is 0 Å². The summed E-state index contributed by atoms with van der Waals surface area (Å²) >= 11 is 6.23. The molecule has 3 heteroatoms. The van der Waals surface area contributed by atoms with Crippen molar-refractivity contribution < 1.29 is 0 Å². The number of H-pyrrole nitrogens is 1. The molecule has 0 radical (unpaired) electrons. The van der Waals surface area contributed by atoms with Crippen LogP contribution < -0.4 is 0 Å². The minimum atomic E-state index is 0.859. The number of aromatic nitrogens is 1. The molecule has 1 aliphatic rings. The largest absolute Gasteiger partial charge is 0.361 e. The van der Waals surface area contributed by atoms with Crippen molar-refractivity contribution in [2.45, 2.75) is 12.8 Å². The van der Waals surface area contributed by atoms with E-state index < -0.39 is 0 Å². The summed E-state index contributed by atoms with van der Waals surface area (Å²) < 4.78 is 0. The van der Waals surface area contributed by atoms with Crippen LogP contribution in [0.25, 0.3) is 10.9 Å². The molecule has 84 valence electrons. The van der Waals surface area contributed by atoms with Gasteiger partial charge in [0.05, 0.1) is 5.02 Å². The van der Waals surface area contributed by atoms with Crippen LogP contribution in [0, 0.1) is 0 Å². The maximum absolute atomic E-state index is 6.23. The Bertz CT molecular complexity index is 500. The van der Waals surface area contributed by atoms with Crippen molar-refractivity contribution in [2.75, 3.05) is 19.6 Å². The number of rotatable bonds is 3. The summed E-state index contributed by atoms with van der Waals surface area (Å²) in [5.74, 6) is 0. The SMILES string of the molecule is Clc1cccc2[nH]cc(CCN3CCC3)c12. The van der Waals surface area contributed by atoms with Crippen molar-refractivity contribution in [3.05, 3.63) is 35.0 Å². The van der Waals surface area contributed by atoms with E-state index in [1.54, 1.807) is 0 Å². The van der Waals surface area contributed by atoms with Gasteiger partial charge in [0.25, 0.3) is 0 Å². The molecule has 1 fully saturated rings. The first kappa shape index (κ1) is 10.2. The molecule has 1 N–H and O–H groups in total. The van der Waals surface area contributed by atoms with Crippen molar-refractivity contribution in [3.8, 4) is 0 Å². The molecule has 0 amide bonds. The average molecular weight is 235 g/mol. The summed E-state index contributed by atoms with van der Waals surface area (Å²) in [5.41, 5.74) is 2.48. The molecule has 0 unspecified atom stereocenters.